The predicted octanol–water partition coefficient (Wildman–Crippen LogP) is 3.31. The Balaban J connectivity index is 0.00000102. The largest absolute Gasteiger partial charge is 0.491 e. The number of pyridine rings is 1. The Bertz CT molecular complexity index is 831. The van der Waals surface area contributed by atoms with Crippen LogP contribution in [0.4, 0.5) is 0 Å². The van der Waals surface area contributed by atoms with Gasteiger partial charge in [-0.05, 0) is 54.9 Å². The Labute approximate surface area is 159 Å². The molecule has 0 atom stereocenters. The van der Waals surface area contributed by atoms with E-state index in [2.05, 4.69) is 11.1 Å². The van der Waals surface area contributed by atoms with Crippen LogP contribution in [0.2, 0.25) is 0 Å². The second-order valence-electron chi connectivity index (χ2n) is 6.26. The second-order valence-corrected chi connectivity index (χ2v) is 6.26. The van der Waals surface area contributed by atoms with Crippen LogP contribution in [0, 0.1) is 11.3 Å². The molecule has 2 aromatic rings. The molecule has 0 bridgehead atoms. The first-order chi connectivity index (χ1) is 13.2. The highest BCUT2D eigenvalue weighted by molar-refractivity contribution is 6.61. The van der Waals surface area contributed by atoms with E-state index >= 15 is 0 Å². The van der Waals surface area contributed by atoms with Gasteiger partial charge in [0.2, 0.25) is 11.8 Å². The Kier molecular flexibility index (Phi) is 6.33. The highest BCUT2D eigenvalue weighted by Gasteiger charge is 2.27. The molecular weight excluding hydrogens is 343 g/mol. The minimum absolute atomic E-state index is 0.119. The van der Waals surface area contributed by atoms with Gasteiger partial charge in [0.15, 0.2) is 0 Å². The molecule has 2 heterocycles. The zero-order chi connectivity index (χ0) is 19.2. The van der Waals surface area contributed by atoms with Gasteiger partial charge in [-0.3, -0.25) is 0 Å². The van der Waals surface area contributed by atoms with Gasteiger partial charge < -0.3 is 19.2 Å². The maximum atomic E-state index is 9.67. The summed E-state index contributed by atoms with van der Waals surface area (Å²) in [7, 11) is -0.872. The van der Waals surface area contributed by atoms with Crippen LogP contribution >= 0.6 is 0 Å². The fourth-order valence-electron chi connectivity index (χ4n) is 3.21. The fourth-order valence-corrected chi connectivity index (χ4v) is 3.21. The molecule has 1 saturated carbocycles. The van der Waals surface area contributed by atoms with Crippen molar-refractivity contribution in [3.63, 3.8) is 0 Å². The highest BCUT2D eigenvalue weighted by atomic mass is 16.5. The summed E-state index contributed by atoms with van der Waals surface area (Å²) < 4.78 is 16.9. The van der Waals surface area contributed by atoms with Gasteiger partial charge in [-0.2, -0.15) is 10.2 Å². The molecule has 7 heteroatoms. The summed E-state index contributed by atoms with van der Waals surface area (Å²) in [5.74, 6) is 1.29. The molecule has 1 aliphatic heterocycles. The predicted molar refractivity (Wildman–Crippen MR) is 102 cm³/mol. The average molecular weight is 366 g/mol. The van der Waals surface area contributed by atoms with E-state index in [9.17, 15) is 10.3 Å². The topological polar surface area (TPSA) is 84.6 Å². The van der Waals surface area contributed by atoms with Crippen molar-refractivity contribution >= 4 is 12.6 Å². The lowest BCUT2D eigenvalue weighted by atomic mass is 9.80. The summed E-state index contributed by atoms with van der Waals surface area (Å²) in [6.45, 7) is 4.35. The first-order valence-corrected chi connectivity index (χ1v) is 9.41. The molecule has 1 aromatic heterocycles. The van der Waals surface area contributed by atoms with E-state index < -0.39 is 7.12 Å². The van der Waals surface area contributed by atoms with Crippen LogP contribution in [0.5, 0.6) is 17.5 Å². The van der Waals surface area contributed by atoms with E-state index in [1.54, 1.807) is 24.3 Å². The second kappa shape index (κ2) is 8.89. The lowest BCUT2D eigenvalue weighted by molar-refractivity contribution is 0.199. The smallest absolute Gasteiger partial charge is 0.473 e. The molecule has 140 valence electrons. The third-order valence-corrected chi connectivity index (χ3v) is 4.54. The highest BCUT2D eigenvalue weighted by Crippen LogP contribution is 2.29. The molecule has 1 N–H and O–H groups in total. The molecular formula is C20H23BN2O4. The molecule has 0 saturated heterocycles. The van der Waals surface area contributed by atoms with Gasteiger partial charge in [0, 0.05) is 6.07 Å². The summed E-state index contributed by atoms with van der Waals surface area (Å²) in [5.41, 5.74) is 2.05. The van der Waals surface area contributed by atoms with E-state index in [1.165, 1.54) is 0 Å². The maximum absolute atomic E-state index is 9.67. The lowest BCUT2D eigenvalue weighted by Crippen LogP contribution is -2.27. The van der Waals surface area contributed by atoms with E-state index in [0.29, 0.717) is 29.7 Å². The van der Waals surface area contributed by atoms with E-state index in [0.717, 1.165) is 36.7 Å². The molecule has 0 amide bonds. The summed E-state index contributed by atoms with van der Waals surface area (Å²) >= 11 is 0. The van der Waals surface area contributed by atoms with Crippen LogP contribution in [-0.4, -0.2) is 23.2 Å². The number of nitrogens with zero attached hydrogens (tertiary/aromatic N) is 2. The van der Waals surface area contributed by atoms with Crippen LogP contribution in [0.25, 0.3) is 0 Å². The first kappa shape index (κ1) is 19.2. The summed E-state index contributed by atoms with van der Waals surface area (Å²) in [4.78, 5) is 4.36. The summed E-state index contributed by atoms with van der Waals surface area (Å²) in [5, 5.41) is 18.9. The summed E-state index contributed by atoms with van der Waals surface area (Å²) in [6.07, 6.45) is 4.39. The number of hydrogen-bond donors (Lipinski definition) is 1. The standard InChI is InChI=1S/C18H17BN2O4.C2H6/c20-10-12-5-8-17(21-18(12)25-14-3-1-2-4-14)24-15-6-7-16-13(9-15)11-23-19(16)22;1-2/h5-9,14,22H,1-4,11H2;1-2H3. The third kappa shape index (κ3) is 4.41. The van der Waals surface area contributed by atoms with Gasteiger partial charge in [-0.25, -0.2) is 0 Å². The molecule has 4 rings (SSSR count). The van der Waals surface area contributed by atoms with Gasteiger partial charge in [-0.1, -0.05) is 19.9 Å². The zero-order valence-electron chi connectivity index (χ0n) is 15.6. The number of aromatic nitrogens is 1. The number of rotatable bonds is 4. The van der Waals surface area contributed by atoms with Crippen molar-refractivity contribution < 1.29 is 19.2 Å². The average Bonchev–Trinajstić information content (AvgIpc) is 3.34. The van der Waals surface area contributed by atoms with Crippen LogP contribution in [0.1, 0.15) is 50.7 Å². The monoisotopic (exact) mass is 366 g/mol. The van der Waals surface area contributed by atoms with Gasteiger partial charge in [-0.15, -0.1) is 0 Å². The maximum Gasteiger partial charge on any atom is 0.491 e. The number of hydrogen-bond acceptors (Lipinski definition) is 6. The molecule has 0 spiro atoms. The molecule has 1 aromatic carbocycles. The van der Waals surface area contributed by atoms with Crippen LogP contribution in [-0.2, 0) is 11.3 Å². The molecule has 1 fully saturated rings. The fraction of sp³-hybridized carbons (Fsp3) is 0.400. The number of fused-ring (bicyclic) bond motifs is 1. The molecule has 0 radical (unpaired) electrons. The minimum Gasteiger partial charge on any atom is -0.473 e. The van der Waals surface area contributed by atoms with E-state index in [4.69, 9.17) is 14.1 Å². The molecule has 0 unspecified atom stereocenters. The minimum atomic E-state index is -0.872. The molecule has 27 heavy (non-hydrogen) atoms. The van der Waals surface area contributed by atoms with E-state index in [1.807, 2.05) is 19.9 Å². The van der Waals surface area contributed by atoms with Crippen LogP contribution in [0.15, 0.2) is 30.3 Å². The SMILES string of the molecule is CC.N#Cc1ccc(Oc2ccc3c(c2)COB3O)nc1OC1CCCC1. The third-order valence-electron chi connectivity index (χ3n) is 4.54. The Morgan fingerprint density at radius 2 is 2.00 bits per heavy atom. The van der Waals surface area contributed by atoms with Crippen LogP contribution in [0.3, 0.4) is 0 Å². The Morgan fingerprint density at radius 3 is 2.74 bits per heavy atom. The van der Waals surface area contributed by atoms with Crippen LogP contribution < -0.4 is 14.9 Å². The molecule has 1 aliphatic carbocycles. The van der Waals surface area contributed by atoms with Crippen molar-refractivity contribution in [3.05, 3.63) is 41.5 Å². The molecule has 6 nitrogen and oxygen atoms in total. The number of benzene rings is 1. The van der Waals surface area contributed by atoms with Crippen molar-refractivity contribution in [3.8, 4) is 23.6 Å². The van der Waals surface area contributed by atoms with Gasteiger partial charge in [0.05, 0.1) is 6.61 Å². The van der Waals surface area contributed by atoms with Gasteiger partial charge in [0.25, 0.3) is 0 Å². The molecule has 2 aliphatic rings. The van der Waals surface area contributed by atoms with Crippen molar-refractivity contribution in [1.82, 2.24) is 4.98 Å². The van der Waals surface area contributed by atoms with Gasteiger partial charge in [0.1, 0.15) is 23.5 Å². The number of nitriles is 1. The van der Waals surface area contributed by atoms with Crippen molar-refractivity contribution in [2.45, 2.75) is 52.2 Å². The number of ether oxygens (including phenoxy) is 2. The lowest BCUT2D eigenvalue weighted by Gasteiger charge is -2.14. The van der Waals surface area contributed by atoms with Crippen molar-refractivity contribution in [2.24, 2.45) is 0 Å². The van der Waals surface area contributed by atoms with Crippen molar-refractivity contribution in [1.29, 1.82) is 5.26 Å². The first-order valence-electron chi connectivity index (χ1n) is 9.41. The Morgan fingerprint density at radius 1 is 1.22 bits per heavy atom. The normalized spacial score (nSPS) is 15.6. The summed E-state index contributed by atoms with van der Waals surface area (Å²) in [6, 6.07) is 10.8. The quantitative estimate of drug-likeness (QED) is 0.836. The zero-order valence-corrected chi connectivity index (χ0v) is 15.6. The Hall–Kier alpha value is -2.56. The van der Waals surface area contributed by atoms with E-state index in [-0.39, 0.29) is 6.10 Å². The van der Waals surface area contributed by atoms with Gasteiger partial charge >= 0.3 is 7.12 Å². The van der Waals surface area contributed by atoms with Crippen molar-refractivity contribution in [2.75, 3.05) is 0 Å².